The third-order valence-electron chi connectivity index (χ3n) is 4.64. The van der Waals surface area contributed by atoms with E-state index >= 15 is 0 Å². The van der Waals surface area contributed by atoms with Gasteiger partial charge in [0.15, 0.2) is 0 Å². The number of fused-ring (bicyclic) bond motifs is 1. The lowest BCUT2D eigenvalue weighted by molar-refractivity contribution is 0.0699. The van der Waals surface area contributed by atoms with Crippen molar-refractivity contribution < 1.29 is 13.6 Å². The number of alkyl halides is 2. The molecular formula is C21H24F2N4O. The van der Waals surface area contributed by atoms with E-state index in [1.54, 1.807) is 31.2 Å². The molecule has 1 aromatic heterocycles. The van der Waals surface area contributed by atoms with Gasteiger partial charge in [0.1, 0.15) is 5.82 Å². The number of amides is 2. The molecule has 1 heterocycles. The van der Waals surface area contributed by atoms with Crippen LogP contribution in [0.4, 0.5) is 13.6 Å². The first kappa shape index (κ1) is 19.8. The molecule has 7 heteroatoms. The quantitative estimate of drug-likeness (QED) is 0.576. The summed E-state index contributed by atoms with van der Waals surface area (Å²) in [5.41, 5.74) is 1.82. The number of imidazole rings is 1. The van der Waals surface area contributed by atoms with Crippen molar-refractivity contribution >= 4 is 17.1 Å². The highest BCUT2D eigenvalue weighted by Gasteiger charge is 2.23. The lowest BCUT2D eigenvalue weighted by Gasteiger charge is -2.21. The van der Waals surface area contributed by atoms with Gasteiger partial charge in [0.25, 0.3) is 0 Å². The molecule has 2 amide bonds. The predicted octanol–water partition coefficient (Wildman–Crippen LogP) is 5.33. The number of halogens is 2. The van der Waals surface area contributed by atoms with E-state index in [1.807, 2.05) is 37.3 Å². The molecule has 0 saturated heterocycles. The van der Waals surface area contributed by atoms with Gasteiger partial charge in [0.05, 0.1) is 23.1 Å². The second kappa shape index (κ2) is 8.82. The molecule has 0 aliphatic rings. The fraction of sp³-hybridized carbons (Fsp3) is 0.333. The molecule has 3 rings (SSSR count). The largest absolute Gasteiger partial charge is 0.331 e. The van der Waals surface area contributed by atoms with Crippen LogP contribution in [-0.2, 0) is 0 Å². The van der Waals surface area contributed by atoms with Gasteiger partial charge in [0, 0.05) is 0 Å². The van der Waals surface area contributed by atoms with E-state index < -0.39 is 18.6 Å². The zero-order valence-corrected chi connectivity index (χ0v) is 15.9. The molecule has 28 heavy (non-hydrogen) atoms. The molecule has 0 saturated carbocycles. The molecule has 5 nitrogen and oxygen atoms in total. The molecule has 0 fully saturated rings. The van der Waals surface area contributed by atoms with Crippen molar-refractivity contribution in [2.45, 2.75) is 45.3 Å². The van der Waals surface area contributed by atoms with Gasteiger partial charge in [-0.1, -0.05) is 55.8 Å². The minimum atomic E-state index is -2.74. The molecular weight excluding hydrogens is 362 g/mol. The Hall–Kier alpha value is -2.96. The van der Waals surface area contributed by atoms with E-state index in [2.05, 4.69) is 15.6 Å². The van der Waals surface area contributed by atoms with Crippen LogP contribution in [0.3, 0.4) is 0 Å². The summed E-state index contributed by atoms with van der Waals surface area (Å²) in [6, 6.07) is 15.1. The standard InChI is InChI=1S/C21H24F2N4O/c1-3-9-16(15-10-5-4-6-11-15)26-21(28)24-14(2)19-25-17-12-7-8-13-18(17)27(19)20(22)23/h4-8,10-14,16,20H,3,9H2,1-2H3,(H2,24,26,28)/t14-,16+/m1/s1. The normalized spacial score (nSPS) is 13.5. The monoisotopic (exact) mass is 386 g/mol. The summed E-state index contributed by atoms with van der Waals surface area (Å²) in [7, 11) is 0. The van der Waals surface area contributed by atoms with Gasteiger partial charge in [-0.15, -0.1) is 0 Å². The van der Waals surface area contributed by atoms with Crippen molar-refractivity contribution in [1.82, 2.24) is 20.2 Å². The lowest BCUT2D eigenvalue weighted by Crippen LogP contribution is -2.40. The van der Waals surface area contributed by atoms with Crippen molar-refractivity contribution in [3.63, 3.8) is 0 Å². The van der Waals surface area contributed by atoms with Gasteiger partial charge in [-0.25, -0.2) is 9.78 Å². The smallest absolute Gasteiger partial charge is 0.320 e. The average Bonchev–Trinajstić information content (AvgIpc) is 3.08. The zero-order valence-electron chi connectivity index (χ0n) is 15.9. The number of nitrogens with zero attached hydrogens (tertiary/aromatic N) is 2. The second-order valence-electron chi connectivity index (χ2n) is 6.70. The molecule has 0 bridgehead atoms. The Morgan fingerprint density at radius 1 is 1.07 bits per heavy atom. The number of rotatable bonds is 7. The highest BCUT2D eigenvalue weighted by molar-refractivity contribution is 5.77. The van der Waals surface area contributed by atoms with E-state index in [9.17, 15) is 13.6 Å². The third-order valence-corrected chi connectivity index (χ3v) is 4.64. The first-order valence-electron chi connectivity index (χ1n) is 9.38. The van der Waals surface area contributed by atoms with Crippen LogP contribution >= 0.6 is 0 Å². The van der Waals surface area contributed by atoms with Crippen LogP contribution in [0.1, 0.15) is 56.7 Å². The maximum Gasteiger partial charge on any atom is 0.320 e. The van der Waals surface area contributed by atoms with Gasteiger partial charge < -0.3 is 10.6 Å². The Morgan fingerprint density at radius 2 is 1.75 bits per heavy atom. The number of hydrogen-bond acceptors (Lipinski definition) is 2. The Morgan fingerprint density at radius 3 is 2.43 bits per heavy atom. The van der Waals surface area contributed by atoms with E-state index in [4.69, 9.17) is 0 Å². The van der Waals surface area contributed by atoms with Crippen LogP contribution in [0.25, 0.3) is 11.0 Å². The van der Waals surface area contributed by atoms with Crippen molar-refractivity contribution in [2.75, 3.05) is 0 Å². The number of aromatic nitrogens is 2. The summed E-state index contributed by atoms with van der Waals surface area (Å²) in [5, 5.41) is 5.69. The fourth-order valence-electron chi connectivity index (χ4n) is 3.33. The topological polar surface area (TPSA) is 59.0 Å². The van der Waals surface area contributed by atoms with Gasteiger partial charge in [0.2, 0.25) is 0 Å². The van der Waals surface area contributed by atoms with Crippen LogP contribution < -0.4 is 10.6 Å². The third kappa shape index (κ3) is 4.30. The van der Waals surface area contributed by atoms with E-state index in [0.717, 1.165) is 23.0 Å². The van der Waals surface area contributed by atoms with Crippen LogP contribution in [0, 0.1) is 0 Å². The van der Waals surface area contributed by atoms with Crippen molar-refractivity contribution in [2.24, 2.45) is 0 Å². The number of carbonyl (C=O) groups excluding carboxylic acids is 1. The van der Waals surface area contributed by atoms with Crippen LogP contribution in [0.15, 0.2) is 54.6 Å². The molecule has 2 atom stereocenters. The first-order valence-corrected chi connectivity index (χ1v) is 9.38. The second-order valence-corrected chi connectivity index (χ2v) is 6.70. The highest BCUT2D eigenvalue weighted by Crippen LogP contribution is 2.26. The summed E-state index contributed by atoms with van der Waals surface area (Å²) in [6.45, 7) is 0.951. The summed E-state index contributed by atoms with van der Waals surface area (Å²) < 4.78 is 28.1. The Kier molecular flexibility index (Phi) is 6.23. The number of benzene rings is 2. The Bertz CT molecular complexity index is 927. The van der Waals surface area contributed by atoms with Crippen LogP contribution in [-0.4, -0.2) is 15.6 Å². The van der Waals surface area contributed by atoms with Crippen molar-refractivity contribution in [1.29, 1.82) is 0 Å². The maximum atomic E-state index is 13.6. The van der Waals surface area contributed by atoms with E-state index in [1.165, 1.54) is 0 Å². The minimum Gasteiger partial charge on any atom is -0.331 e. The molecule has 0 aliphatic heterocycles. The van der Waals surface area contributed by atoms with E-state index in [0.29, 0.717) is 11.0 Å². The predicted molar refractivity (Wildman–Crippen MR) is 105 cm³/mol. The molecule has 3 aromatic rings. The molecule has 0 unspecified atom stereocenters. The maximum absolute atomic E-state index is 13.6. The average molecular weight is 386 g/mol. The summed E-state index contributed by atoms with van der Waals surface area (Å²) in [5.74, 6) is 0.123. The summed E-state index contributed by atoms with van der Waals surface area (Å²) in [6.07, 6.45) is 1.68. The van der Waals surface area contributed by atoms with Crippen molar-refractivity contribution in [3.05, 3.63) is 66.0 Å². The molecule has 2 N–H and O–H groups in total. The summed E-state index contributed by atoms with van der Waals surface area (Å²) >= 11 is 0. The van der Waals surface area contributed by atoms with E-state index in [-0.39, 0.29) is 11.9 Å². The lowest BCUT2D eigenvalue weighted by atomic mass is 10.0. The number of urea groups is 1. The number of para-hydroxylation sites is 2. The first-order chi connectivity index (χ1) is 13.5. The SMILES string of the molecule is CCC[C@H](NC(=O)N[C@H](C)c1nc2ccccc2n1C(F)F)c1ccccc1. The summed E-state index contributed by atoms with van der Waals surface area (Å²) in [4.78, 5) is 16.8. The van der Waals surface area contributed by atoms with Gasteiger partial charge >= 0.3 is 12.6 Å². The Labute approximate surface area is 162 Å². The fourth-order valence-corrected chi connectivity index (χ4v) is 3.33. The van der Waals surface area contributed by atoms with Gasteiger partial charge in [-0.3, -0.25) is 4.57 Å². The van der Waals surface area contributed by atoms with Gasteiger partial charge in [-0.2, -0.15) is 8.78 Å². The Balaban J connectivity index is 1.77. The molecule has 0 spiro atoms. The zero-order chi connectivity index (χ0) is 20.1. The number of nitrogens with one attached hydrogen (secondary N) is 2. The number of hydrogen-bond donors (Lipinski definition) is 2. The number of carbonyl (C=O) groups is 1. The van der Waals surface area contributed by atoms with Crippen LogP contribution in [0.2, 0.25) is 0 Å². The molecule has 0 radical (unpaired) electrons. The van der Waals surface area contributed by atoms with Crippen molar-refractivity contribution in [3.8, 4) is 0 Å². The highest BCUT2D eigenvalue weighted by atomic mass is 19.3. The molecule has 0 aliphatic carbocycles. The minimum absolute atomic E-state index is 0.123. The van der Waals surface area contributed by atoms with Crippen LogP contribution in [0.5, 0.6) is 0 Å². The van der Waals surface area contributed by atoms with Gasteiger partial charge in [-0.05, 0) is 31.0 Å². The molecule has 148 valence electrons. The molecule has 2 aromatic carbocycles.